The minimum absolute atomic E-state index is 0.106. The van der Waals surface area contributed by atoms with Crippen LogP contribution in [-0.4, -0.2) is 20.0 Å². The van der Waals surface area contributed by atoms with Crippen molar-refractivity contribution >= 4 is 0 Å². The number of hydrogen-bond acceptors (Lipinski definition) is 2. The van der Waals surface area contributed by atoms with Crippen molar-refractivity contribution in [2.75, 3.05) is 13.6 Å². The Bertz CT molecular complexity index is 281. The number of alkyl halides is 3. The molecule has 2 nitrogen and oxygen atoms in total. The molecule has 0 fully saturated rings. The molecular weight excluding hydrogens is 207 g/mol. The Morgan fingerprint density at radius 3 is 2.73 bits per heavy atom. The summed E-state index contributed by atoms with van der Waals surface area (Å²) in [4.78, 5) is 0. The molecule has 0 aromatic heterocycles. The largest absolute Gasteiger partial charge is 0.573 e. The summed E-state index contributed by atoms with van der Waals surface area (Å²) in [5.74, 6) is 0.156. The van der Waals surface area contributed by atoms with Gasteiger partial charge in [0.05, 0.1) is 0 Å². The van der Waals surface area contributed by atoms with Gasteiger partial charge in [0, 0.05) is 6.54 Å². The molecule has 1 aliphatic carbocycles. The van der Waals surface area contributed by atoms with Crippen molar-refractivity contribution in [2.45, 2.75) is 19.7 Å². The first-order valence-corrected chi connectivity index (χ1v) is 4.73. The topological polar surface area (TPSA) is 21.3 Å². The van der Waals surface area contributed by atoms with E-state index in [9.17, 15) is 13.2 Å². The minimum atomic E-state index is -4.60. The number of likely N-dealkylation sites (N-methyl/N-ethyl adjacent to an activating group) is 1. The molecule has 0 saturated heterocycles. The third kappa shape index (κ3) is 3.95. The first-order valence-electron chi connectivity index (χ1n) is 4.73. The van der Waals surface area contributed by atoms with E-state index in [1.165, 1.54) is 12.2 Å². The van der Waals surface area contributed by atoms with Crippen LogP contribution in [0.1, 0.15) is 13.3 Å². The highest BCUT2D eigenvalue weighted by atomic mass is 19.4. The number of halogens is 3. The van der Waals surface area contributed by atoms with Gasteiger partial charge in [-0.25, -0.2) is 0 Å². The SMILES string of the molecule is CNCC1=CC(OC(F)(F)F)=CCC1C. The molecule has 1 unspecified atom stereocenters. The lowest BCUT2D eigenvalue weighted by Crippen LogP contribution is -2.19. The molecule has 0 spiro atoms. The fraction of sp³-hybridized carbons (Fsp3) is 0.600. The van der Waals surface area contributed by atoms with Crippen LogP contribution >= 0.6 is 0 Å². The van der Waals surface area contributed by atoms with Gasteiger partial charge >= 0.3 is 6.36 Å². The van der Waals surface area contributed by atoms with Crippen LogP contribution in [0, 0.1) is 5.92 Å². The van der Waals surface area contributed by atoms with Crippen molar-refractivity contribution in [3.8, 4) is 0 Å². The predicted molar refractivity (Wildman–Crippen MR) is 51.0 cm³/mol. The molecule has 15 heavy (non-hydrogen) atoms. The monoisotopic (exact) mass is 221 g/mol. The van der Waals surface area contributed by atoms with Gasteiger partial charge in [-0.05, 0) is 37.1 Å². The zero-order valence-electron chi connectivity index (χ0n) is 8.69. The van der Waals surface area contributed by atoms with Crippen LogP contribution in [0.25, 0.3) is 0 Å². The summed E-state index contributed by atoms with van der Waals surface area (Å²) in [5.41, 5.74) is 0.930. The molecule has 1 N–H and O–H groups in total. The van der Waals surface area contributed by atoms with Gasteiger partial charge in [-0.2, -0.15) is 0 Å². The number of rotatable bonds is 3. The smallest absolute Gasteiger partial charge is 0.406 e. The van der Waals surface area contributed by atoms with Gasteiger partial charge in [0.15, 0.2) is 0 Å². The molecule has 0 amide bonds. The van der Waals surface area contributed by atoms with Crippen molar-refractivity contribution in [3.05, 3.63) is 23.5 Å². The molecule has 1 atom stereocenters. The van der Waals surface area contributed by atoms with Gasteiger partial charge in [-0.3, -0.25) is 0 Å². The summed E-state index contributed by atoms with van der Waals surface area (Å²) < 4.78 is 39.7. The van der Waals surface area contributed by atoms with Gasteiger partial charge in [0.1, 0.15) is 5.76 Å². The number of ether oxygens (including phenoxy) is 1. The van der Waals surface area contributed by atoms with Crippen LogP contribution in [0.3, 0.4) is 0 Å². The van der Waals surface area contributed by atoms with E-state index in [2.05, 4.69) is 10.1 Å². The van der Waals surface area contributed by atoms with E-state index >= 15 is 0 Å². The Labute approximate surface area is 86.8 Å². The quantitative estimate of drug-likeness (QED) is 0.790. The molecule has 0 aliphatic heterocycles. The second kappa shape index (κ2) is 4.70. The molecule has 0 aromatic carbocycles. The first kappa shape index (κ1) is 12.1. The zero-order chi connectivity index (χ0) is 11.5. The maximum atomic E-state index is 11.9. The van der Waals surface area contributed by atoms with E-state index in [1.54, 1.807) is 7.05 Å². The molecule has 0 aromatic rings. The third-order valence-corrected chi connectivity index (χ3v) is 2.25. The highest BCUT2D eigenvalue weighted by Crippen LogP contribution is 2.28. The van der Waals surface area contributed by atoms with Crippen molar-refractivity contribution in [3.63, 3.8) is 0 Å². The summed E-state index contributed by atoms with van der Waals surface area (Å²) in [7, 11) is 1.76. The normalized spacial score (nSPS) is 22.1. The predicted octanol–water partition coefficient (Wildman–Crippen LogP) is 2.59. The second-order valence-electron chi connectivity index (χ2n) is 3.54. The molecule has 0 radical (unpaired) electrons. The lowest BCUT2D eigenvalue weighted by molar-refractivity contribution is -0.303. The lowest BCUT2D eigenvalue weighted by atomic mass is 9.92. The van der Waals surface area contributed by atoms with Gasteiger partial charge < -0.3 is 10.1 Å². The van der Waals surface area contributed by atoms with Crippen molar-refractivity contribution in [1.29, 1.82) is 0 Å². The maximum Gasteiger partial charge on any atom is 0.573 e. The highest BCUT2D eigenvalue weighted by molar-refractivity contribution is 5.26. The van der Waals surface area contributed by atoms with E-state index in [4.69, 9.17) is 0 Å². The van der Waals surface area contributed by atoms with Crippen LogP contribution in [0.4, 0.5) is 13.2 Å². The average molecular weight is 221 g/mol. The Balaban J connectivity index is 2.69. The molecule has 1 rings (SSSR count). The minimum Gasteiger partial charge on any atom is -0.406 e. The maximum absolute atomic E-state index is 11.9. The molecule has 0 heterocycles. The molecule has 0 bridgehead atoms. The zero-order valence-corrected chi connectivity index (χ0v) is 8.69. The van der Waals surface area contributed by atoms with Crippen LogP contribution < -0.4 is 5.32 Å². The van der Waals surface area contributed by atoms with E-state index in [0.29, 0.717) is 13.0 Å². The summed E-state index contributed by atoms with van der Waals surface area (Å²) in [6, 6.07) is 0. The number of allylic oxidation sites excluding steroid dienone is 2. The van der Waals surface area contributed by atoms with E-state index in [-0.39, 0.29) is 11.7 Å². The third-order valence-electron chi connectivity index (χ3n) is 2.25. The van der Waals surface area contributed by atoms with Crippen molar-refractivity contribution in [1.82, 2.24) is 5.32 Å². The molecule has 0 saturated carbocycles. The van der Waals surface area contributed by atoms with E-state index < -0.39 is 6.36 Å². The summed E-state index contributed by atoms with van der Waals surface area (Å²) >= 11 is 0. The van der Waals surface area contributed by atoms with Crippen LogP contribution in [0.15, 0.2) is 23.5 Å². The molecular formula is C10H14F3NO. The summed E-state index contributed by atoms with van der Waals surface area (Å²) in [6.07, 6.45) is -1.10. The Kier molecular flexibility index (Phi) is 3.79. The van der Waals surface area contributed by atoms with Gasteiger partial charge in [-0.1, -0.05) is 6.92 Å². The first-order chi connectivity index (χ1) is 6.92. The van der Waals surface area contributed by atoms with Crippen molar-refractivity contribution < 1.29 is 17.9 Å². The average Bonchev–Trinajstić information content (AvgIpc) is 2.09. The summed E-state index contributed by atoms with van der Waals surface area (Å²) in [5, 5.41) is 2.92. The number of nitrogens with one attached hydrogen (secondary N) is 1. The van der Waals surface area contributed by atoms with Gasteiger partial charge in [-0.15, -0.1) is 13.2 Å². The Morgan fingerprint density at radius 2 is 2.20 bits per heavy atom. The van der Waals surface area contributed by atoms with Crippen LogP contribution in [0.5, 0.6) is 0 Å². The summed E-state index contributed by atoms with van der Waals surface area (Å²) in [6.45, 7) is 2.56. The molecule has 5 heteroatoms. The second-order valence-corrected chi connectivity index (χ2v) is 3.54. The van der Waals surface area contributed by atoms with Crippen LogP contribution in [-0.2, 0) is 4.74 Å². The Hall–Kier alpha value is -0.970. The van der Waals surface area contributed by atoms with Gasteiger partial charge in [0.25, 0.3) is 0 Å². The van der Waals surface area contributed by atoms with Crippen molar-refractivity contribution in [2.24, 2.45) is 5.92 Å². The molecule has 1 aliphatic rings. The fourth-order valence-corrected chi connectivity index (χ4v) is 1.46. The molecule has 86 valence electrons. The lowest BCUT2D eigenvalue weighted by Gasteiger charge is -2.21. The standard InChI is InChI=1S/C10H14F3NO/c1-7-3-4-9(15-10(11,12)13)5-8(7)6-14-2/h4-5,7,14H,3,6H2,1-2H3. The van der Waals surface area contributed by atoms with E-state index in [1.807, 2.05) is 6.92 Å². The fourth-order valence-electron chi connectivity index (χ4n) is 1.46. The highest BCUT2D eigenvalue weighted by Gasteiger charge is 2.32. The number of hydrogen-bond donors (Lipinski definition) is 1. The van der Waals surface area contributed by atoms with Gasteiger partial charge in [0.2, 0.25) is 0 Å². The Morgan fingerprint density at radius 1 is 1.53 bits per heavy atom. The van der Waals surface area contributed by atoms with Crippen LogP contribution in [0.2, 0.25) is 0 Å². The van der Waals surface area contributed by atoms with E-state index in [0.717, 1.165) is 5.57 Å².